The predicted octanol–water partition coefficient (Wildman–Crippen LogP) is 2.31. The standard InChI is InChI=1S/C20H24N2O3/c1-2-21-20(24)18-10-8-17(9-11-18)14-22-19(23)15-25-13-12-16-6-4-3-5-7-16/h3-11H,2,12-15H2,1H3,(H,21,24)(H,22,23). The smallest absolute Gasteiger partial charge is 0.251 e. The molecule has 0 bridgehead atoms. The summed E-state index contributed by atoms with van der Waals surface area (Å²) in [6.07, 6.45) is 0.787. The number of rotatable bonds is 9. The van der Waals surface area contributed by atoms with Gasteiger partial charge in [0.1, 0.15) is 6.61 Å². The quantitative estimate of drug-likeness (QED) is 0.689. The Labute approximate surface area is 148 Å². The van der Waals surface area contributed by atoms with E-state index >= 15 is 0 Å². The number of carbonyl (C=O) groups excluding carboxylic acids is 2. The zero-order valence-electron chi connectivity index (χ0n) is 14.5. The van der Waals surface area contributed by atoms with Gasteiger partial charge in [-0.25, -0.2) is 0 Å². The van der Waals surface area contributed by atoms with E-state index < -0.39 is 0 Å². The maximum atomic E-state index is 11.8. The molecule has 132 valence electrons. The van der Waals surface area contributed by atoms with E-state index in [9.17, 15) is 9.59 Å². The summed E-state index contributed by atoms with van der Waals surface area (Å²) in [4.78, 5) is 23.5. The summed E-state index contributed by atoms with van der Waals surface area (Å²) < 4.78 is 5.40. The van der Waals surface area contributed by atoms with Crippen molar-refractivity contribution < 1.29 is 14.3 Å². The fourth-order valence-corrected chi connectivity index (χ4v) is 2.29. The van der Waals surface area contributed by atoms with Crippen LogP contribution < -0.4 is 10.6 Å². The van der Waals surface area contributed by atoms with Crippen molar-refractivity contribution in [2.24, 2.45) is 0 Å². The van der Waals surface area contributed by atoms with Crippen LogP contribution in [-0.4, -0.2) is 31.6 Å². The largest absolute Gasteiger partial charge is 0.371 e. The first-order chi connectivity index (χ1) is 12.2. The van der Waals surface area contributed by atoms with Crippen LogP contribution >= 0.6 is 0 Å². The van der Waals surface area contributed by atoms with E-state index in [4.69, 9.17) is 4.74 Å². The first-order valence-corrected chi connectivity index (χ1v) is 8.44. The van der Waals surface area contributed by atoms with Crippen LogP contribution in [-0.2, 0) is 22.5 Å². The van der Waals surface area contributed by atoms with E-state index in [1.54, 1.807) is 12.1 Å². The number of carbonyl (C=O) groups is 2. The fraction of sp³-hybridized carbons (Fsp3) is 0.300. The Balaban J connectivity index is 1.65. The Bertz CT molecular complexity index is 669. The van der Waals surface area contributed by atoms with Crippen molar-refractivity contribution in [3.8, 4) is 0 Å². The predicted molar refractivity (Wildman–Crippen MR) is 97.3 cm³/mol. The van der Waals surface area contributed by atoms with Gasteiger partial charge < -0.3 is 15.4 Å². The molecule has 25 heavy (non-hydrogen) atoms. The lowest BCUT2D eigenvalue weighted by Crippen LogP contribution is -2.27. The second kappa shape index (κ2) is 10.3. The molecule has 0 aliphatic heterocycles. The topological polar surface area (TPSA) is 67.4 Å². The third-order valence-electron chi connectivity index (χ3n) is 3.65. The lowest BCUT2D eigenvalue weighted by molar-refractivity contribution is -0.125. The molecule has 2 amide bonds. The SMILES string of the molecule is CCNC(=O)c1ccc(CNC(=O)COCCc2ccccc2)cc1. The second-order valence-corrected chi connectivity index (χ2v) is 5.62. The molecule has 0 saturated heterocycles. The van der Waals surface area contributed by atoms with Crippen molar-refractivity contribution in [1.82, 2.24) is 10.6 Å². The molecule has 0 spiro atoms. The average Bonchev–Trinajstić information content (AvgIpc) is 2.65. The van der Waals surface area contributed by atoms with Crippen LogP contribution in [0.3, 0.4) is 0 Å². The monoisotopic (exact) mass is 340 g/mol. The number of hydrogen-bond donors (Lipinski definition) is 2. The highest BCUT2D eigenvalue weighted by Crippen LogP contribution is 2.04. The number of ether oxygens (including phenoxy) is 1. The molecule has 5 nitrogen and oxygen atoms in total. The maximum absolute atomic E-state index is 11.8. The first-order valence-electron chi connectivity index (χ1n) is 8.44. The summed E-state index contributed by atoms with van der Waals surface area (Å²) in [6, 6.07) is 17.2. The Hall–Kier alpha value is -2.66. The van der Waals surface area contributed by atoms with Crippen molar-refractivity contribution >= 4 is 11.8 Å². The molecule has 0 saturated carbocycles. The Morgan fingerprint density at radius 3 is 2.32 bits per heavy atom. The maximum Gasteiger partial charge on any atom is 0.251 e. The van der Waals surface area contributed by atoms with Gasteiger partial charge >= 0.3 is 0 Å². The summed E-state index contributed by atoms with van der Waals surface area (Å²) in [5, 5.41) is 5.55. The Kier molecular flexibility index (Phi) is 7.66. The first kappa shape index (κ1) is 18.7. The molecule has 0 atom stereocenters. The minimum atomic E-state index is -0.152. The highest BCUT2D eigenvalue weighted by atomic mass is 16.5. The molecule has 0 radical (unpaired) electrons. The summed E-state index contributed by atoms with van der Waals surface area (Å²) in [6.45, 7) is 3.45. The average molecular weight is 340 g/mol. The van der Waals surface area contributed by atoms with Crippen LogP contribution in [0.2, 0.25) is 0 Å². The molecule has 2 N–H and O–H groups in total. The number of amides is 2. The van der Waals surface area contributed by atoms with E-state index in [1.165, 1.54) is 5.56 Å². The molecular weight excluding hydrogens is 316 g/mol. The van der Waals surface area contributed by atoms with Crippen molar-refractivity contribution in [3.05, 3.63) is 71.3 Å². The number of nitrogens with one attached hydrogen (secondary N) is 2. The number of hydrogen-bond acceptors (Lipinski definition) is 3. The zero-order valence-corrected chi connectivity index (χ0v) is 14.5. The van der Waals surface area contributed by atoms with Gasteiger partial charge in [0.2, 0.25) is 5.91 Å². The summed E-state index contributed by atoms with van der Waals surface area (Å²) in [5.41, 5.74) is 2.74. The lowest BCUT2D eigenvalue weighted by Gasteiger charge is -2.08. The van der Waals surface area contributed by atoms with E-state index in [-0.39, 0.29) is 18.4 Å². The van der Waals surface area contributed by atoms with E-state index in [0.717, 1.165) is 12.0 Å². The fourth-order valence-electron chi connectivity index (χ4n) is 2.29. The molecule has 5 heteroatoms. The highest BCUT2D eigenvalue weighted by molar-refractivity contribution is 5.94. The highest BCUT2D eigenvalue weighted by Gasteiger charge is 2.05. The third kappa shape index (κ3) is 6.77. The molecule has 0 unspecified atom stereocenters. The van der Waals surface area contributed by atoms with Gasteiger partial charge in [0.25, 0.3) is 5.91 Å². The van der Waals surface area contributed by atoms with Gasteiger partial charge in [-0.3, -0.25) is 9.59 Å². The van der Waals surface area contributed by atoms with Crippen molar-refractivity contribution in [2.75, 3.05) is 19.8 Å². The van der Waals surface area contributed by atoms with Gasteiger partial charge in [-0.05, 0) is 36.6 Å². The lowest BCUT2D eigenvalue weighted by atomic mass is 10.1. The van der Waals surface area contributed by atoms with Crippen molar-refractivity contribution in [3.63, 3.8) is 0 Å². The molecule has 0 aromatic heterocycles. The van der Waals surface area contributed by atoms with Gasteiger partial charge in [0.15, 0.2) is 0 Å². The van der Waals surface area contributed by atoms with Gasteiger partial charge in [-0.1, -0.05) is 42.5 Å². The van der Waals surface area contributed by atoms with Gasteiger partial charge in [-0.15, -0.1) is 0 Å². The number of benzene rings is 2. The molecular formula is C20H24N2O3. The summed E-state index contributed by atoms with van der Waals surface area (Å²) in [5.74, 6) is -0.245. The van der Waals surface area contributed by atoms with E-state index in [2.05, 4.69) is 10.6 Å². The molecule has 2 rings (SSSR count). The Morgan fingerprint density at radius 2 is 1.64 bits per heavy atom. The molecule has 2 aromatic rings. The van der Waals surface area contributed by atoms with Crippen LogP contribution in [0.4, 0.5) is 0 Å². The van der Waals surface area contributed by atoms with Crippen LogP contribution in [0.15, 0.2) is 54.6 Å². The normalized spacial score (nSPS) is 10.3. The molecule has 0 aliphatic carbocycles. The molecule has 0 aliphatic rings. The Morgan fingerprint density at radius 1 is 0.920 bits per heavy atom. The van der Waals surface area contributed by atoms with Crippen LogP contribution in [0.25, 0.3) is 0 Å². The molecule has 0 heterocycles. The van der Waals surface area contributed by atoms with Crippen LogP contribution in [0, 0.1) is 0 Å². The van der Waals surface area contributed by atoms with Crippen LogP contribution in [0.5, 0.6) is 0 Å². The molecule has 0 fully saturated rings. The van der Waals surface area contributed by atoms with Gasteiger partial charge in [-0.2, -0.15) is 0 Å². The third-order valence-corrected chi connectivity index (χ3v) is 3.65. The van der Waals surface area contributed by atoms with Crippen LogP contribution in [0.1, 0.15) is 28.4 Å². The van der Waals surface area contributed by atoms with Gasteiger partial charge in [0.05, 0.1) is 6.61 Å². The molecule has 2 aromatic carbocycles. The minimum Gasteiger partial charge on any atom is -0.371 e. The summed E-state index contributed by atoms with van der Waals surface area (Å²) >= 11 is 0. The van der Waals surface area contributed by atoms with Crippen molar-refractivity contribution in [2.45, 2.75) is 19.9 Å². The van der Waals surface area contributed by atoms with Crippen molar-refractivity contribution in [1.29, 1.82) is 0 Å². The minimum absolute atomic E-state index is 0.0455. The summed E-state index contributed by atoms with van der Waals surface area (Å²) in [7, 11) is 0. The second-order valence-electron chi connectivity index (χ2n) is 5.62. The van der Waals surface area contributed by atoms with E-state index in [0.29, 0.717) is 25.3 Å². The van der Waals surface area contributed by atoms with E-state index in [1.807, 2.05) is 49.4 Å². The zero-order chi connectivity index (χ0) is 17.9. The van der Waals surface area contributed by atoms with Gasteiger partial charge in [0, 0.05) is 18.7 Å².